The topological polar surface area (TPSA) is 63.2 Å². The van der Waals surface area contributed by atoms with Gasteiger partial charge in [0.1, 0.15) is 16.4 Å². The van der Waals surface area contributed by atoms with Gasteiger partial charge >= 0.3 is 0 Å². The van der Waals surface area contributed by atoms with E-state index < -0.39 is 0 Å². The fourth-order valence-corrected chi connectivity index (χ4v) is 1.68. The Bertz CT molecular complexity index is 600. The first-order valence-electron chi connectivity index (χ1n) is 5.86. The van der Waals surface area contributed by atoms with Crippen LogP contribution in [0.25, 0.3) is 0 Å². The Morgan fingerprint density at radius 1 is 1.15 bits per heavy atom. The highest BCUT2D eigenvalue weighted by Gasteiger charge is 2.07. The highest BCUT2D eigenvalue weighted by molar-refractivity contribution is 7.80. The van der Waals surface area contributed by atoms with Crippen LogP contribution in [0.4, 0.5) is 0 Å². The molecule has 1 aromatic heterocycles. The summed E-state index contributed by atoms with van der Waals surface area (Å²) in [7, 11) is 1.60. The van der Waals surface area contributed by atoms with E-state index in [1.807, 2.05) is 0 Å². The first-order valence-corrected chi connectivity index (χ1v) is 6.27. The van der Waals surface area contributed by atoms with Crippen molar-refractivity contribution in [2.24, 2.45) is 0 Å². The van der Waals surface area contributed by atoms with Gasteiger partial charge in [-0.2, -0.15) is 0 Å². The number of benzene rings is 1. The van der Waals surface area contributed by atoms with Crippen molar-refractivity contribution >= 4 is 23.1 Å². The number of thiocarbonyl (C=S) groups is 1. The second-order valence-corrected chi connectivity index (χ2v) is 4.26. The average Bonchev–Trinajstić information content (AvgIpc) is 2.53. The molecule has 0 fully saturated rings. The maximum Gasteiger partial charge on any atom is 0.288 e. The van der Waals surface area contributed by atoms with E-state index in [0.717, 1.165) is 11.3 Å². The van der Waals surface area contributed by atoms with E-state index in [2.05, 4.69) is 15.8 Å². The smallest absolute Gasteiger partial charge is 0.288 e. The number of carbonyl (C=O) groups is 1. The number of methoxy groups -OCH3 is 1. The molecule has 102 valence electrons. The highest BCUT2D eigenvalue weighted by atomic mass is 32.1. The van der Waals surface area contributed by atoms with E-state index in [4.69, 9.17) is 17.0 Å². The van der Waals surface area contributed by atoms with Crippen LogP contribution >= 0.6 is 12.2 Å². The van der Waals surface area contributed by atoms with Gasteiger partial charge in [0.25, 0.3) is 5.91 Å². The van der Waals surface area contributed by atoms with Crippen LogP contribution in [0.5, 0.6) is 5.75 Å². The van der Waals surface area contributed by atoms with Crippen LogP contribution in [0.3, 0.4) is 0 Å². The van der Waals surface area contributed by atoms with Crippen molar-refractivity contribution in [2.75, 3.05) is 7.11 Å². The van der Waals surface area contributed by atoms with Gasteiger partial charge in [-0.15, -0.1) is 0 Å². The second-order valence-electron chi connectivity index (χ2n) is 3.85. The lowest BCUT2D eigenvalue weighted by molar-refractivity contribution is 0.0939. The second kappa shape index (κ2) is 6.63. The monoisotopic (exact) mass is 287 g/mol. The van der Waals surface area contributed by atoms with Crippen molar-refractivity contribution in [2.45, 2.75) is 0 Å². The summed E-state index contributed by atoms with van der Waals surface area (Å²) in [6, 6.07) is 12.3. The predicted octanol–water partition coefficient (Wildman–Crippen LogP) is 1.70. The Balaban J connectivity index is 1.93. The Labute approximate surface area is 122 Å². The predicted molar refractivity (Wildman–Crippen MR) is 79.5 cm³/mol. The molecular weight excluding hydrogens is 274 g/mol. The Morgan fingerprint density at radius 2 is 1.90 bits per heavy atom. The van der Waals surface area contributed by atoms with Gasteiger partial charge in [-0.3, -0.25) is 20.6 Å². The molecule has 0 aliphatic carbocycles. The normalized spacial score (nSPS) is 9.65. The molecule has 2 aromatic rings. The van der Waals surface area contributed by atoms with Gasteiger partial charge in [-0.05, 0) is 36.4 Å². The standard InChI is InChI=1S/C14H13N3O2S/c1-19-11-7-5-10(6-8-11)14(20)17-16-13(18)12-4-2-3-9-15-12/h2-9H,1H3,(H,16,18)(H,17,20). The van der Waals surface area contributed by atoms with E-state index in [-0.39, 0.29) is 5.91 Å². The molecule has 20 heavy (non-hydrogen) atoms. The summed E-state index contributed by atoms with van der Waals surface area (Å²) in [6.45, 7) is 0. The van der Waals surface area contributed by atoms with Crippen LogP contribution < -0.4 is 15.6 Å². The van der Waals surface area contributed by atoms with E-state index in [9.17, 15) is 4.79 Å². The lowest BCUT2D eigenvalue weighted by atomic mass is 10.2. The third-order valence-electron chi connectivity index (χ3n) is 2.54. The molecule has 0 bridgehead atoms. The molecule has 0 saturated carbocycles. The van der Waals surface area contributed by atoms with Crippen molar-refractivity contribution < 1.29 is 9.53 Å². The molecule has 1 aromatic carbocycles. The maximum atomic E-state index is 11.8. The minimum absolute atomic E-state index is 0.317. The lowest BCUT2D eigenvalue weighted by Gasteiger charge is -2.09. The summed E-state index contributed by atoms with van der Waals surface area (Å²) in [4.78, 5) is 16.1. The molecule has 0 spiro atoms. The minimum atomic E-state index is -0.346. The van der Waals surface area contributed by atoms with Crippen LogP contribution in [-0.2, 0) is 0 Å². The molecule has 0 radical (unpaired) electrons. The van der Waals surface area contributed by atoms with Crippen molar-refractivity contribution in [1.29, 1.82) is 0 Å². The molecule has 0 aliphatic heterocycles. The Morgan fingerprint density at radius 3 is 2.50 bits per heavy atom. The number of amides is 1. The SMILES string of the molecule is COc1ccc(C(=S)NNC(=O)c2ccccn2)cc1. The summed E-state index contributed by atoms with van der Waals surface area (Å²) in [5, 5.41) is 0. The minimum Gasteiger partial charge on any atom is -0.497 e. The molecular formula is C14H13N3O2S. The van der Waals surface area contributed by atoms with Crippen LogP contribution in [0.1, 0.15) is 16.1 Å². The largest absolute Gasteiger partial charge is 0.497 e. The number of hydrogen-bond acceptors (Lipinski definition) is 4. The van der Waals surface area contributed by atoms with E-state index in [1.54, 1.807) is 55.8 Å². The number of carbonyl (C=O) groups excluding carboxylic acids is 1. The van der Waals surface area contributed by atoms with Crippen molar-refractivity contribution in [3.8, 4) is 5.75 Å². The molecule has 0 atom stereocenters. The van der Waals surface area contributed by atoms with Gasteiger partial charge in [-0.25, -0.2) is 0 Å². The van der Waals surface area contributed by atoms with Gasteiger partial charge in [0.15, 0.2) is 0 Å². The van der Waals surface area contributed by atoms with Crippen LogP contribution in [0.2, 0.25) is 0 Å². The molecule has 0 saturated heterocycles. The maximum absolute atomic E-state index is 11.8. The number of hydrogen-bond donors (Lipinski definition) is 2. The van der Waals surface area contributed by atoms with Gasteiger partial charge in [0.05, 0.1) is 7.11 Å². The summed E-state index contributed by atoms with van der Waals surface area (Å²) in [5.74, 6) is 0.399. The van der Waals surface area contributed by atoms with E-state index in [0.29, 0.717) is 10.7 Å². The number of aromatic nitrogens is 1. The fraction of sp³-hybridized carbons (Fsp3) is 0.0714. The summed E-state index contributed by atoms with van der Waals surface area (Å²) in [6.07, 6.45) is 1.55. The fourth-order valence-electron chi connectivity index (χ4n) is 1.49. The summed E-state index contributed by atoms with van der Waals surface area (Å²) >= 11 is 5.18. The third-order valence-corrected chi connectivity index (χ3v) is 2.88. The lowest BCUT2D eigenvalue weighted by Crippen LogP contribution is -2.41. The summed E-state index contributed by atoms with van der Waals surface area (Å²) < 4.78 is 5.06. The first kappa shape index (κ1) is 14.0. The molecule has 0 aliphatic rings. The van der Waals surface area contributed by atoms with E-state index in [1.165, 1.54) is 0 Å². The number of nitrogens with one attached hydrogen (secondary N) is 2. The van der Waals surface area contributed by atoms with Gasteiger partial charge in [-0.1, -0.05) is 18.3 Å². The molecule has 6 heteroatoms. The molecule has 1 heterocycles. The van der Waals surface area contributed by atoms with E-state index >= 15 is 0 Å². The molecule has 2 rings (SSSR count). The zero-order chi connectivity index (χ0) is 14.4. The van der Waals surface area contributed by atoms with Crippen LogP contribution in [0, 0.1) is 0 Å². The zero-order valence-corrected chi connectivity index (χ0v) is 11.6. The number of pyridine rings is 1. The number of hydrazine groups is 1. The van der Waals surface area contributed by atoms with Crippen molar-refractivity contribution in [3.63, 3.8) is 0 Å². The number of nitrogens with zero attached hydrogens (tertiary/aromatic N) is 1. The number of ether oxygens (including phenoxy) is 1. The molecule has 0 unspecified atom stereocenters. The van der Waals surface area contributed by atoms with Gasteiger partial charge in [0.2, 0.25) is 0 Å². The molecule has 5 nitrogen and oxygen atoms in total. The quantitative estimate of drug-likeness (QED) is 0.664. The average molecular weight is 287 g/mol. The van der Waals surface area contributed by atoms with Gasteiger partial charge in [0, 0.05) is 11.8 Å². The summed E-state index contributed by atoms with van der Waals surface area (Å²) in [5.41, 5.74) is 6.28. The van der Waals surface area contributed by atoms with Crippen molar-refractivity contribution in [3.05, 3.63) is 59.9 Å². The van der Waals surface area contributed by atoms with Crippen LogP contribution in [0.15, 0.2) is 48.7 Å². The zero-order valence-electron chi connectivity index (χ0n) is 10.8. The Hall–Kier alpha value is -2.47. The highest BCUT2D eigenvalue weighted by Crippen LogP contribution is 2.11. The van der Waals surface area contributed by atoms with Crippen LogP contribution in [-0.4, -0.2) is 23.0 Å². The molecule has 2 N–H and O–H groups in total. The molecule has 1 amide bonds. The van der Waals surface area contributed by atoms with Gasteiger partial charge < -0.3 is 4.74 Å². The first-order chi connectivity index (χ1) is 9.70. The number of rotatable bonds is 3. The van der Waals surface area contributed by atoms with Crippen molar-refractivity contribution in [1.82, 2.24) is 15.8 Å². The Kier molecular flexibility index (Phi) is 4.62. The third kappa shape index (κ3) is 3.52.